The minimum Gasteiger partial charge on any atom is -0.337 e. The second-order valence-electron chi connectivity index (χ2n) is 5.63. The Hall–Kier alpha value is -2.45. The molecule has 1 heterocycles. The molecule has 3 rings (SSSR count). The molecular weight excluding hydrogens is 416 g/mol. The van der Waals surface area contributed by atoms with Crippen LogP contribution in [0.1, 0.15) is 12.0 Å². The van der Waals surface area contributed by atoms with Gasteiger partial charge in [-0.1, -0.05) is 39.4 Å². The van der Waals surface area contributed by atoms with Crippen molar-refractivity contribution in [2.24, 2.45) is 0 Å². The van der Waals surface area contributed by atoms with E-state index in [9.17, 15) is 9.59 Å². The molecule has 1 aromatic heterocycles. The Balaban J connectivity index is 1.45. The Morgan fingerprint density at radius 3 is 2.62 bits per heavy atom. The number of nitrogens with zero attached hydrogens (tertiary/aromatic N) is 1. The predicted octanol–water partition coefficient (Wildman–Crippen LogP) is 4.52. The number of nitrogens with one attached hydrogen (secondary N) is 3. The highest BCUT2D eigenvalue weighted by atomic mass is 79.9. The Bertz CT molecular complexity index is 940. The van der Waals surface area contributed by atoms with E-state index in [1.165, 1.54) is 11.3 Å². The van der Waals surface area contributed by atoms with Crippen LogP contribution in [0.25, 0.3) is 10.2 Å². The van der Waals surface area contributed by atoms with E-state index in [4.69, 9.17) is 0 Å². The van der Waals surface area contributed by atoms with E-state index < -0.39 is 0 Å². The van der Waals surface area contributed by atoms with Crippen LogP contribution >= 0.6 is 27.3 Å². The molecule has 6 nitrogen and oxygen atoms in total. The van der Waals surface area contributed by atoms with Gasteiger partial charge in [-0.2, -0.15) is 0 Å². The molecule has 3 N–H and O–H groups in total. The van der Waals surface area contributed by atoms with Crippen LogP contribution in [-0.4, -0.2) is 23.5 Å². The fourth-order valence-corrected chi connectivity index (χ4v) is 3.54. The SMILES string of the molecule is Cc1cccc2sc(NC(=O)CCNC(=O)Nc3ccc(Br)cc3)nc12. The molecule has 26 heavy (non-hydrogen) atoms. The summed E-state index contributed by atoms with van der Waals surface area (Å²) in [6, 6.07) is 12.8. The van der Waals surface area contributed by atoms with Crippen molar-refractivity contribution in [1.29, 1.82) is 0 Å². The van der Waals surface area contributed by atoms with Crippen LogP contribution in [0, 0.1) is 6.92 Å². The zero-order valence-corrected chi connectivity index (χ0v) is 16.4. The molecule has 3 aromatic rings. The van der Waals surface area contributed by atoms with Crippen LogP contribution < -0.4 is 16.0 Å². The topological polar surface area (TPSA) is 83.1 Å². The van der Waals surface area contributed by atoms with Crippen LogP contribution in [0.15, 0.2) is 46.9 Å². The summed E-state index contributed by atoms with van der Waals surface area (Å²) in [5.41, 5.74) is 2.66. The lowest BCUT2D eigenvalue weighted by molar-refractivity contribution is -0.116. The standard InChI is InChI=1S/C18H17BrN4O2S/c1-11-3-2-4-14-16(11)23-18(26-14)22-15(24)9-10-20-17(25)21-13-7-5-12(19)6-8-13/h2-8H,9-10H2,1H3,(H2,20,21,25)(H,22,23,24). The molecule has 3 amide bonds. The van der Waals surface area contributed by atoms with Crippen molar-refractivity contribution in [3.8, 4) is 0 Å². The lowest BCUT2D eigenvalue weighted by atomic mass is 10.2. The van der Waals surface area contributed by atoms with E-state index in [1.807, 2.05) is 37.3 Å². The predicted molar refractivity (Wildman–Crippen MR) is 109 cm³/mol. The van der Waals surface area contributed by atoms with Crippen molar-refractivity contribution in [1.82, 2.24) is 10.3 Å². The molecule has 0 spiro atoms. The number of para-hydroxylation sites is 1. The van der Waals surface area contributed by atoms with E-state index in [0.717, 1.165) is 20.3 Å². The number of urea groups is 1. The van der Waals surface area contributed by atoms with E-state index in [-0.39, 0.29) is 24.9 Å². The number of carbonyl (C=O) groups is 2. The molecule has 8 heteroatoms. The summed E-state index contributed by atoms with van der Waals surface area (Å²) >= 11 is 4.77. The average molecular weight is 433 g/mol. The first kappa shape index (κ1) is 18.3. The van der Waals surface area contributed by atoms with E-state index >= 15 is 0 Å². The van der Waals surface area contributed by atoms with Gasteiger partial charge in [-0.05, 0) is 42.8 Å². The molecule has 0 atom stereocenters. The van der Waals surface area contributed by atoms with Gasteiger partial charge in [-0.15, -0.1) is 0 Å². The number of aromatic nitrogens is 1. The maximum Gasteiger partial charge on any atom is 0.319 e. The maximum absolute atomic E-state index is 12.0. The number of anilines is 2. The first-order chi connectivity index (χ1) is 12.5. The van der Waals surface area contributed by atoms with Crippen molar-refractivity contribution in [2.45, 2.75) is 13.3 Å². The van der Waals surface area contributed by atoms with Crippen molar-refractivity contribution in [2.75, 3.05) is 17.2 Å². The van der Waals surface area contributed by atoms with E-state index in [0.29, 0.717) is 10.8 Å². The molecule has 0 bridgehead atoms. The summed E-state index contributed by atoms with van der Waals surface area (Å²) in [5, 5.41) is 8.71. The van der Waals surface area contributed by atoms with Gasteiger partial charge in [0, 0.05) is 23.1 Å². The van der Waals surface area contributed by atoms with Crippen LogP contribution in [0.5, 0.6) is 0 Å². The number of benzene rings is 2. The van der Waals surface area contributed by atoms with Gasteiger partial charge >= 0.3 is 6.03 Å². The normalized spacial score (nSPS) is 10.5. The Morgan fingerprint density at radius 1 is 1.12 bits per heavy atom. The van der Waals surface area contributed by atoms with Crippen LogP contribution in [0.4, 0.5) is 15.6 Å². The monoisotopic (exact) mass is 432 g/mol. The van der Waals surface area contributed by atoms with Gasteiger partial charge < -0.3 is 16.0 Å². The van der Waals surface area contributed by atoms with Crippen molar-refractivity contribution >= 4 is 60.2 Å². The summed E-state index contributed by atoms with van der Waals surface area (Å²) in [5.74, 6) is -0.189. The molecule has 0 aliphatic carbocycles. The highest BCUT2D eigenvalue weighted by Crippen LogP contribution is 2.27. The van der Waals surface area contributed by atoms with Crippen LogP contribution in [0.2, 0.25) is 0 Å². The smallest absolute Gasteiger partial charge is 0.319 e. The van der Waals surface area contributed by atoms with Gasteiger partial charge in [-0.25, -0.2) is 9.78 Å². The maximum atomic E-state index is 12.0. The molecule has 2 aromatic carbocycles. The number of hydrogen-bond acceptors (Lipinski definition) is 4. The number of hydrogen-bond donors (Lipinski definition) is 3. The first-order valence-corrected chi connectivity index (χ1v) is 9.58. The highest BCUT2D eigenvalue weighted by Gasteiger charge is 2.09. The van der Waals surface area contributed by atoms with Crippen LogP contribution in [-0.2, 0) is 4.79 Å². The molecular formula is C18H17BrN4O2S. The van der Waals surface area contributed by atoms with Gasteiger partial charge in [-0.3, -0.25) is 4.79 Å². The highest BCUT2D eigenvalue weighted by molar-refractivity contribution is 9.10. The number of halogens is 1. The molecule has 0 saturated heterocycles. The van der Waals surface area contributed by atoms with Crippen LogP contribution in [0.3, 0.4) is 0 Å². The Morgan fingerprint density at radius 2 is 1.88 bits per heavy atom. The third-order valence-corrected chi connectivity index (χ3v) is 5.07. The zero-order valence-electron chi connectivity index (χ0n) is 14.0. The lowest BCUT2D eigenvalue weighted by Crippen LogP contribution is -2.31. The van der Waals surface area contributed by atoms with E-state index in [1.54, 1.807) is 12.1 Å². The van der Waals surface area contributed by atoms with E-state index in [2.05, 4.69) is 36.9 Å². The van der Waals surface area contributed by atoms with Gasteiger partial charge in [0.25, 0.3) is 0 Å². The quantitative estimate of drug-likeness (QED) is 0.554. The fourth-order valence-electron chi connectivity index (χ4n) is 2.32. The Kier molecular flexibility index (Phi) is 5.85. The summed E-state index contributed by atoms with van der Waals surface area (Å²) in [4.78, 5) is 28.3. The minimum atomic E-state index is -0.351. The summed E-state index contributed by atoms with van der Waals surface area (Å²) in [6.07, 6.45) is 0.169. The minimum absolute atomic E-state index is 0.169. The molecule has 134 valence electrons. The van der Waals surface area contributed by atoms with Gasteiger partial charge in [0.1, 0.15) is 0 Å². The van der Waals surface area contributed by atoms with Crippen molar-refractivity contribution in [3.05, 3.63) is 52.5 Å². The molecule has 0 fully saturated rings. The van der Waals surface area contributed by atoms with Gasteiger partial charge in [0.2, 0.25) is 5.91 Å². The van der Waals surface area contributed by atoms with Gasteiger partial charge in [0.05, 0.1) is 10.2 Å². The second-order valence-corrected chi connectivity index (χ2v) is 7.57. The van der Waals surface area contributed by atoms with Crippen molar-refractivity contribution in [3.63, 3.8) is 0 Å². The third kappa shape index (κ3) is 4.80. The molecule has 0 saturated carbocycles. The number of fused-ring (bicyclic) bond motifs is 1. The largest absolute Gasteiger partial charge is 0.337 e. The zero-order chi connectivity index (χ0) is 18.5. The summed E-state index contributed by atoms with van der Waals surface area (Å²) < 4.78 is 1.97. The molecule has 0 aliphatic heterocycles. The Labute approximate surface area is 163 Å². The fraction of sp³-hybridized carbons (Fsp3) is 0.167. The number of aryl methyl sites for hydroxylation is 1. The second kappa shape index (κ2) is 8.29. The molecule has 0 radical (unpaired) electrons. The molecule has 0 aliphatic rings. The first-order valence-electron chi connectivity index (χ1n) is 7.98. The van der Waals surface area contributed by atoms with Gasteiger partial charge in [0.15, 0.2) is 5.13 Å². The lowest BCUT2D eigenvalue weighted by Gasteiger charge is -2.07. The number of rotatable bonds is 5. The summed E-state index contributed by atoms with van der Waals surface area (Å²) in [7, 11) is 0. The number of amides is 3. The van der Waals surface area contributed by atoms with Crippen molar-refractivity contribution < 1.29 is 9.59 Å². The number of thiazole rings is 1. The summed E-state index contributed by atoms with van der Waals surface area (Å²) in [6.45, 7) is 2.22. The molecule has 0 unspecified atom stereocenters. The third-order valence-electron chi connectivity index (χ3n) is 3.61. The number of carbonyl (C=O) groups excluding carboxylic acids is 2. The average Bonchev–Trinajstić information content (AvgIpc) is 3.01.